The second kappa shape index (κ2) is 6.74. The second-order valence-electron chi connectivity index (χ2n) is 5.76. The van der Waals surface area contributed by atoms with E-state index in [9.17, 15) is 13.2 Å². The summed E-state index contributed by atoms with van der Waals surface area (Å²) in [5.41, 5.74) is 1.44. The molecular weight excluding hydrogens is 330 g/mol. The smallest absolute Gasteiger partial charge is 0.238 e. The van der Waals surface area contributed by atoms with Crippen LogP contribution in [0.2, 0.25) is 0 Å². The van der Waals surface area contributed by atoms with Crippen molar-refractivity contribution in [3.63, 3.8) is 0 Å². The van der Waals surface area contributed by atoms with Gasteiger partial charge >= 0.3 is 0 Å². The molecule has 1 aliphatic heterocycles. The molecule has 1 amide bonds. The van der Waals surface area contributed by atoms with Crippen LogP contribution in [-0.2, 0) is 21.4 Å². The molecule has 1 aliphatic rings. The molecule has 128 valence electrons. The summed E-state index contributed by atoms with van der Waals surface area (Å²) in [6, 6.07) is 8.82. The Morgan fingerprint density at radius 3 is 2.83 bits per heavy atom. The number of nitrogens with one attached hydrogen (secondary N) is 1. The molecule has 2 aromatic rings. The van der Waals surface area contributed by atoms with Crippen molar-refractivity contribution in [1.29, 1.82) is 0 Å². The van der Waals surface area contributed by atoms with Gasteiger partial charge in [0.2, 0.25) is 21.8 Å². The fourth-order valence-electron chi connectivity index (χ4n) is 2.80. The average Bonchev–Trinajstić information content (AvgIpc) is 3.22. The molecule has 8 heteroatoms. The van der Waals surface area contributed by atoms with Crippen LogP contribution in [-0.4, -0.2) is 42.5 Å². The zero-order valence-corrected chi connectivity index (χ0v) is 14.1. The first-order valence-electron chi connectivity index (χ1n) is 7.69. The lowest BCUT2D eigenvalue weighted by Crippen LogP contribution is -2.45. The Hall–Kier alpha value is -2.19. The van der Waals surface area contributed by atoms with Crippen LogP contribution in [0.15, 0.2) is 41.0 Å². The number of nitrogens with zero attached hydrogens (tertiary/aromatic N) is 2. The molecule has 1 saturated heterocycles. The maximum atomic E-state index is 12.3. The number of benzene rings is 1. The topological polar surface area (TPSA) is 92.5 Å². The lowest BCUT2D eigenvalue weighted by molar-refractivity contribution is -0.124. The number of oxazole rings is 1. The number of hydrogen-bond acceptors (Lipinski definition) is 5. The van der Waals surface area contributed by atoms with Crippen LogP contribution in [0, 0.1) is 0 Å². The molecule has 1 fully saturated rings. The molecule has 0 saturated carbocycles. The SMILES string of the molecule is CS(=O)(=O)N1CCC[C@H]1C(=O)NCc1coc(-c2ccccc2)n1. The van der Waals surface area contributed by atoms with Crippen molar-refractivity contribution >= 4 is 15.9 Å². The van der Waals surface area contributed by atoms with E-state index in [2.05, 4.69) is 10.3 Å². The molecule has 0 unspecified atom stereocenters. The summed E-state index contributed by atoms with van der Waals surface area (Å²) >= 11 is 0. The van der Waals surface area contributed by atoms with Gasteiger partial charge in [-0.05, 0) is 25.0 Å². The van der Waals surface area contributed by atoms with Gasteiger partial charge in [-0.3, -0.25) is 4.79 Å². The molecule has 24 heavy (non-hydrogen) atoms. The molecule has 2 heterocycles. The standard InChI is InChI=1S/C16H19N3O4S/c1-24(21,22)19-9-5-8-14(19)15(20)17-10-13-11-23-16(18-13)12-6-3-2-4-7-12/h2-4,6-7,11,14H,5,8-10H2,1H3,(H,17,20)/t14-/m0/s1. The molecule has 3 rings (SSSR count). The Balaban J connectivity index is 1.62. The van der Waals surface area contributed by atoms with Crippen molar-refractivity contribution in [2.45, 2.75) is 25.4 Å². The molecule has 1 atom stereocenters. The van der Waals surface area contributed by atoms with Crippen molar-refractivity contribution in [3.8, 4) is 11.5 Å². The highest BCUT2D eigenvalue weighted by Crippen LogP contribution is 2.21. The molecular formula is C16H19N3O4S. The summed E-state index contributed by atoms with van der Waals surface area (Å²) in [4.78, 5) is 16.6. The summed E-state index contributed by atoms with van der Waals surface area (Å²) in [5.74, 6) is 0.181. The summed E-state index contributed by atoms with van der Waals surface area (Å²) in [7, 11) is -3.37. The van der Waals surface area contributed by atoms with E-state index in [0.29, 0.717) is 31.0 Å². The number of carbonyl (C=O) groups is 1. The van der Waals surface area contributed by atoms with E-state index in [-0.39, 0.29) is 12.5 Å². The molecule has 0 radical (unpaired) electrons. The molecule has 7 nitrogen and oxygen atoms in total. The van der Waals surface area contributed by atoms with Gasteiger partial charge in [-0.15, -0.1) is 0 Å². The summed E-state index contributed by atoms with van der Waals surface area (Å²) in [5, 5.41) is 2.74. The fraction of sp³-hybridized carbons (Fsp3) is 0.375. The summed E-state index contributed by atoms with van der Waals surface area (Å²) in [6.45, 7) is 0.586. The first-order chi connectivity index (χ1) is 11.4. The lowest BCUT2D eigenvalue weighted by Gasteiger charge is -2.20. The van der Waals surface area contributed by atoms with E-state index in [1.165, 1.54) is 10.6 Å². The lowest BCUT2D eigenvalue weighted by atomic mass is 10.2. The zero-order valence-electron chi connectivity index (χ0n) is 13.3. The molecule has 1 aromatic heterocycles. The Bertz CT molecular complexity index is 817. The monoisotopic (exact) mass is 349 g/mol. The van der Waals surface area contributed by atoms with Gasteiger partial charge in [0.15, 0.2) is 0 Å². The van der Waals surface area contributed by atoms with Crippen molar-refractivity contribution in [1.82, 2.24) is 14.6 Å². The molecule has 0 aliphatic carbocycles. The summed E-state index contributed by atoms with van der Waals surface area (Å²) in [6.07, 6.45) is 3.84. The average molecular weight is 349 g/mol. The third-order valence-electron chi connectivity index (χ3n) is 3.95. The highest BCUT2D eigenvalue weighted by molar-refractivity contribution is 7.88. The number of hydrogen-bond donors (Lipinski definition) is 1. The van der Waals surface area contributed by atoms with E-state index >= 15 is 0 Å². The van der Waals surface area contributed by atoms with Crippen LogP contribution in [0.1, 0.15) is 18.5 Å². The van der Waals surface area contributed by atoms with Gasteiger partial charge in [0.25, 0.3) is 0 Å². The van der Waals surface area contributed by atoms with Crippen molar-refractivity contribution in [2.75, 3.05) is 12.8 Å². The van der Waals surface area contributed by atoms with Crippen molar-refractivity contribution in [2.24, 2.45) is 0 Å². The minimum absolute atomic E-state index is 0.198. The van der Waals surface area contributed by atoms with Gasteiger partial charge in [-0.25, -0.2) is 13.4 Å². The fourth-order valence-corrected chi connectivity index (χ4v) is 3.92. The van der Waals surface area contributed by atoms with Gasteiger partial charge in [-0.2, -0.15) is 4.31 Å². The number of aromatic nitrogens is 1. The zero-order chi connectivity index (χ0) is 17.2. The largest absolute Gasteiger partial charge is 0.444 e. The minimum Gasteiger partial charge on any atom is -0.444 e. The molecule has 1 aromatic carbocycles. The van der Waals surface area contributed by atoms with Crippen LogP contribution in [0.4, 0.5) is 0 Å². The Labute approximate surface area is 140 Å². The normalized spacial score (nSPS) is 18.6. The Morgan fingerprint density at radius 1 is 1.38 bits per heavy atom. The van der Waals surface area contributed by atoms with Crippen LogP contribution in [0.25, 0.3) is 11.5 Å². The number of amides is 1. The number of carbonyl (C=O) groups excluding carboxylic acids is 1. The maximum Gasteiger partial charge on any atom is 0.238 e. The highest BCUT2D eigenvalue weighted by atomic mass is 32.2. The van der Waals surface area contributed by atoms with Gasteiger partial charge in [-0.1, -0.05) is 18.2 Å². The van der Waals surface area contributed by atoms with Gasteiger partial charge in [0.05, 0.1) is 18.5 Å². The summed E-state index contributed by atoms with van der Waals surface area (Å²) < 4.78 is 30.1. The first-order valence-corrected chi connectivity index (χ1v) is 9.54. The van der Waals surface area contributed by atoms with E-state index in [0.717, 1.165) is 11.8 Å². The van der Waals surface area contributed by atoms with Crippen LogP contribution < -0.4 is 5.32 Å². The minimum atomic E-state index is -3.37. The van der Waals surface area contributed by atoms with Crippen LogP contribution in [0.3, 0.4) is 0 Å². The van der Waals surface area contributed by atoms with Gasteiger partial charge < -0.3 is 9.73 Å². The van der Waals surface area contributed by atoms with Gasteiger partial charge in [0, 0.05) is 12.1 Å². The molecule has 0 spiro atoms. The van der Waals surface area contributed by atoms with Gasteiger partial charge in [0.1, 0.15) is 12.3 Å². The predicted octanol–water partition coefficient (Wildman–Crippen LogP) is 1.38. The molecule has 0 bridgehead atoms. The Kier molecular flexibility index (Phi) is 4.68. The quantitative estimate of drug-likeness (QED) is 0.880. The first kappa shape index (κ1) is 16.7. The predicted molar refractivity (Wildman–Crippen MR) is 88.4 cm³/mol. The number of rotatable bonds is 5. The van der Waals surface area contributed by atoms with E-state index < -0.39 is 16.1 Å². The Morgan fingerprint density at radius 2 is 2.12 bits per heavy atom. The van der Waals surface area contributed by atoms with Crippen LogP contribution in [0.5, 0.6) is 0 Å². The molecule has 1 N–H and O–H groups in total. The number of sulfonamides is 1. The maximum absolute atomic E-state index is 12.3. The second-order valence-corrected chi connectivity index (χ2v) is 7.69. The van der Waals surface area contributed by atoms with Crippen LogP contribution >= 0.6 is 0 Å². The highest BCUT2D eigenvalue weighted by Gasteiger charge is 2.36. The van der Waals surface area contributed by atoms with E-state index in [1.54, 1.807) is 0 Å². The van der Waals surface area contributed by atoms with Crippen molar-refractivity contribution < 1.29 is 17.6 Å². The van der Waals surface area contributed by atoms with E-state index in [1.807, 2.05) is 30.3 Å². The third-order valence-corrected chi connectivity index (χ3v) is 5.24. The van der Waals surface area contributed by atoms with Crippen molar-refractivity contribution in [3.05, 3.63) is 42.3 Å². The van der Waals surface area contributed by atoms with E-state index in [4.69, 9.17) is 4.42 Å². The third kappa shape index (κ3) is 3.65.